The molecule has 0 aliphatic carbocycles. The number of carbonyl (C=O) groups is 1. The van der Waals surface area contributed by atoms with E-state index in [9.17, 15) is 4.79 Å². The first-order valence-corrected chi connectivity index (χ1v) is 4.40. The molecule has 5 nitrogen and oxygen atoms in total. The molecule has 4 N–H and O–H groups in total. The van der Waals surface area contributed by atoms with Crippen molar-refractivity contribution in [1.29, 1.82) is 0 Å². The van der Waals surface area contributed by atoms with Crippen LogP contribution in [-0.4, -0.2) is 42.1 Å². The molecule has 0 saturated heterocycles. The molecule has 1 rings (SSSR count). The minimum absolute atomic E-state index is 0.209. The normalized spacial score (nSPS) is 9.87. The molecule has 15 heavy (non-hydrogen) atoms. The lowest BCUT2D eigenvalue weighted by Crippen LogP contribution is -2.32. The Morgan fingerprint density at radius 3 is 2.40 bits per heavy atom. The molecule has 6 heteroatoms. The predicted octanol–water partition coefficient (Wildman–Crippen LogP) is -1.35. The van der Waals surface area contributed by atoms with Crippen LogP contribution in [0.5, 0.6) is 0 Å². The fourth-order valence-electron chi connectivity index (χ4n) is 1.21. The lowest BCUT2D eigenvalue weighted by molar-refractivity contribution is 0.0828. The van der Waals surface area contributed by atoms with Crippen molar-refractivity contribution >= 4 is 24.2 Å². The van der Waals surface area contributed by atoms with Gasteiger partial charge in [0.25, 0.3) is 5.91 Å². The average Bonchev–Trinajstić information content (AvgIpc) is 2.15. The van der Waals surface area contributed by atoms with Crippen LogP contribution in [0.4, 0.5) is 5.69 Å². The zero-order chi connectivity index (χ0) is 11.6. The van der Waals surface area contributed by atoms with Gasteiger partial charge >= 0.3 is 7.12 Å². The Bertz CT molecular complexity index is 380. The van der Waals surface area contributed by atoms with Crippen LogP contribution in [0.2, 0.25) is 0 Å². The molecular weight excluding hydrogens is 195 g/mol. The fourth-order valence-corrected chi connectivity index (χ4v) is 1.21. The molecule has 1 aromatic rings. The molecular formula is C9H13BN2O3. The lowest BCUT2D eigenvalue weighted by Gasteiger charge is -2.12. The molecule has 0 atom stereocenters. The molecule has 0 radical (unpaired) electrons. The van der Waals surface area contributed by atoms with Crippen molar-refractivity contribution in [1.82, 2.24) is 4.90 Å². The van der Waals surface area contributed by atoms with E-state index < -0.39 is 7.12 Å². The van der Waals surface area contributed by atoms with Crippen molar-refractivity contribution in [3.05, 3.63) is 23.8 Å². The highest BCUT2D eigenvalue weighted by molar-refractivity contribution is 6.58. The summed E-state index contributed by atoms with van der Waals surface area (Å²) in [4.78, 5) is 13.0. The standard InChI is InChI=1S/C9H13BN2O3/c1-12(2)9(13)6-3-7(10(14)15)5-8(11)4-6/h3-5,14-15H,11H2,1-2H3. The van der Waals surface area contributed by atoms with Crippen LogP contribution in [-0.2, 0) is 0 Å². The van der Waals surface area contributed by atoms with E-state index in [1.807, 2.05) is 0 Å². The van der Waals surface area contributed by atoms with Crippen LogP contribution in [0, 0.1) is 0 Å². The number of amides is 1. The van der Waals surface area contributed by atoms with Crippen LogP contribution in [0.25, 0.3) is 0 Å². The molecule has 0 fully saturated rings. The molecule has 1 aromatic carbocycles. The van der Waals surface area contributed by atoms with Gasteiger partial charge in [0.15, 0.2) is 0 Å². The minimum atomic E-state index is -1.62. The first-order valence-electron chi connectivity index (χ1n) is 4.40. The van der Waals surface area contributed by atoms with Crippen LogP contribution in [0.3, 0.4) is 0 Å². The van der Waals surface area contributed by atoms with Crippen LogP contribution in [0.15, 0.2) is 18.2 Å². The summed E-state index contributed by atoms with van der Waals surface area (Å²) in [7, 11) is 1.60. The number of carbonyl (C=O) groups excluding carboxylic acids is 1. The smallest absolute Gasteiger partial charge is 0.423 e. The number of anilines is 1. The van der Waals surface area contributed by atoms with Gasteiger partial charge < -0.3 is 20.7 Å². The fraction of sp³-hybridized carbons (Fsp3) is 0.222. The Hall–Kier alpha value is -1.53. The monoisotopic (exact) mass is 208 g/mol. The molecule has 0 bridgehead atoms. The summed E-state index contributed by atoms with van der Waals surface area (Å²) in [6, 6.07) is 4.31. The molecule has 0 heterocycles. The maximum atomic E-state index is 11.6. The van der Waals surface area contributed by atoms with Gasteiger partial charge in [0, 0.05) is 25.3 Å². The largest absolute Gasteiger partial charge is 0.488 e. The molecule has 0 aromatic heterocycles. The Labute approximate surface area is 88.3 Å². The third-order valence-electron chi connectivity index (χ3n) is 1.93. The zero-order valence-electron chi connectivity index (χ0n) is 8.64. The predicted molar refractivity (Wildman–Crippen MR) is 58.7 cm³/mol. The van der Waals surface area contributed by atoms with E-state index in [2.05, 4.69) is 0 Å². The Morgan fingerprint density at radius 2 is 1.93 bits per heavy atom. The molecule has 0 aliphatic rings. The molecule has 0 saturated carbocycles. The summed E-state index contributed by atoms with van der Waals surface area (Å²) < 4.78 is 0. The van der Waals surface area contributed by atoms with Crippen molar-refractivity contribution in [2.24, 2.45) is 0 Å². The van der Waals surface area contributed by atoms with Crippen molar-refractivity contribution in [3.8, 4) is 0 Å². The second-order valence-corrected chi connectivity index (χ2v) is 3.46. The number of benzene rings is 1. The van der Waals surface area contributed by atoms with Crippen molar-refractivity contribution < 1.29 is 14.8 Å². The van der Waals surface area contributed by atoms with Gasteiger partial charge in [0.1, 0.15) is 0 Å². The second-order valence-electron chi connectivity index (χ2n) is 3.46. The number of hydrogen-bond acceptors (Lipinski definition) is 4. The molecule has 1 amide bonds. The average molecular weight is 208 g/mol. The van der Waals surface area contributed by atoms with E-state index in [4.69, 9.17) is 15.8 Å². The number of hydrogen-bond donors (Lipinski definition) is 3. The van der Waals surface area contributed by atoms with E-state index in [-0.39, 0.29) is 11.4 Å². The quantitative estimate of drug-likeness (QED) is 0.414. The van der Waals surface area contributed by atoms with Gasteiger partial charge in [-0.3, -0.25) is 4.79 Å². The number of nitrogens with two attached hydrogens (primary N) is 1. The van der Waals surface area contributed by atoms with Gasteiger partial charge in [-0.2, -0.15) is 0 Å². The maximum Gasteiger partial charge on any atom is 0.488 e. The first-order chi connectivity index (χ1) is 6.91. The summed E-state index contributed by atoms with van der Waals surface area (Å²) in [6.07, 6.45) is 0. The van der Waals surface area contributed by atoms with E-state index in [1.165, 1.54) is 23.1 Å². The van der Waals surface area contributed by atoms with Gasteiger partial charge in [-0.25, -0.2) is 0 Å². The highest BCUT2D eigenvalue weighted by atomic mass is 16.4. The Balaban J connectivity index is 3.14. The summed E-state index contributed by atoms with van der Waals surface area (Å²) >= 11 is 0. The second kappa shape index (κ2) is 4.33. The van der Waals surface area contributed by atoms with Gasteiger partial charge in [-0.1, -0.05) is 0 Å². The number of rotatable bonds is 2. The van der Waals surface area contributed by atoms with Crippen LogP contribution < -0.4 is 11.2 Å². The molecule has 0 spiro atoms. The van der Waals surface area contributed by atoms with E-state index >= 15 is 0 Å². The van der Waals surface area contributed by atoms with Crippen molar-refractivity contribution in [2.75, 3.05) is 19.8 Å². The highest BCUT2D eigenvalue weighted by Gasteiger charge is 2.16. The summed E-state index contributed by atoms with van der Waals surface area (Å²) in [5, 5.41) is 17.9. The minimum Gasteiger partial charge on any atom is -0.423 e. The summed E-state index contributed by atoms with van der Waals surface area (Å²) in [5.41, 5.74) is 6.41. The van der Waals surface area contributed by atoms with Gasteiger partial charge in [-0.15, -0.1) is 0 Å². The summed E-state index contributed by atoms with van der Waals surface area (Å²) in [6.45, 7) is 0. The zero-order valence-corrected chi connectivity index (χ0v) is 8.64. The maximum absolute atomic E-state index is 11.6. The van der Waals surface area contributed by atoms with Crippen LogP contribution >= 0.6 is 0 Å². The SMILES string of the molecule is CN(C)C(=O)c1cc(N)cc(B(O)O)c1. The molecule has 0 unspecified atom stereocenters. The van der Waals surface area contributed by atoms with E-state index in [1.54, 1.807) is 14.1 Å². The van der Waals surface area contributed by atoms with Gasteiger partial charge in [-0.05, 0) is 23.7 Å². The van der Waals surface area contributed by atoms with E-state index in [0.717, 1.165) is 0 Å². The third-order valence-corrected chi connectivity index (χ3v) is 1.93. The van der Waals surface area contributed by atoms with Crippen molar-refractivity contribution in [2.45, 2.75) is 0 Å². The number of nitrogen functional groups attached to an aromatic ring is 1. The summed E-state index contributed by atoms with van der Waals surface area (Å²) in [5.74, 6) is -0.232. The van der Waals surface area contributed by atoms with Gasteiger partial charge in [0.2, 0.25) is 0 Å². The van der Waals surface area contributed by atoms with Crippen molar-refractivity contribution in [3.63, 3.8) is 0 Å². The Kier molecular flexibility index (Phi) is 3.33. The van der Waals surface area contributed by atoms with E-state index in [0.29, 0.717) is 11.3 Å². The lowest BCUT2D eigenvalue weighted by atomic mass is 9.79. The number of nitrogens with zero attached hydrogens (tertiary/aromatic N) is 1. The first kappa shape index (κ1) is 11.5. The topological polar surface area (TPSA) is 86.8 Å². The van der Waals surface area contributed by atoms with Crippen LogP contribution in [0.1, 0.15) is 10.4 Å². The molecule has 0 aliphatic heterocycles. The third kappa shape index (κ3) is 2.71. The highest BCUT2D eigenvalue weighted by Crippen LogP contribution is 2.07. The Morgan fingerprint density at radius 1 is 1.33 bits per heavy atom. The molecule has 80 valence electrons. The van der Waals surface area contributed by atoms with Gasteiger partial charge in [0.05, 0.1) is 0 Å².